The van der Waals surface area contributed by atoms with Crippen molar-refractivity contribution in [2.45, 2.75) is 12.8 Å². The fourth-order valence-corrected chi connectivity index (χ4v) is 1.77. The average molecular weight is 285 g/mol. The van der Waals surface area contributed by atoms with E-state index < -0.39 is 0 Å². The molecule has 21 heavy (non-hydrogen) atoms. The second-order valence-corrected chi connectivity index (χ2v) is 4.41. The van der Waals surface area contributed by atoms with Crippen LogP contribution in [-0.2, 0) is 6.42 Å². The van der Waals surface area contributed by atoms with Gasteiger partial charge in [0.25, 0.3) is 0 Å². The molecule has 108 valence electrons. The number of benzene rings is 1. The van der Waals surface area contributed by atoms with Crippen molar-refractivity contribution in [2.24, 2.45) is 0 Å². The lowest BCUT2D eigenvalue weighted by molar-refractivity contribution is 0.305. The van der Waals surface area contributed by atoms with Crippen molar-refractivity contribution in [1.29, 1.82) is 0 Å². The van der Waals surface area contributed by atoms with Crippen LogP contribution in [0.15, 0.2) is 42.7 Å². The largest absolute Gasteiger partial charge is 0.493 e. The summed E-state index contributed by atoms with van der Waals surface area (Å²) in [5.74, 6) is 5.62. The van der Waals surface area contributed by atoms with E-state index in [4.69, 9.17) is 9.84 Å². The van der Waals surface area contributed by atoms with E-state index >= 15 is 0 Å². The summed E-state index contributed by atoms with van der Waals surface area (Å²) in [5, 5.41) is 8.67. The maximum Gasteiger partial charge on any atom is 0.128 e. The van der Waals surface area contributed by atoms with Gasteiger partial charge in [0.2, 0.25) is 0 Å². The molecule has 1 N–H and O–H groups in total. The molecule has 0 bridgehead atoms. The number of pyridine rings is 1. The van der Waals surface area contributed by atoms with Gasteiger partial charge in [-0.25, -0.2) is 4.39 Å². The van der Waals surface area contributed by atoms with Crippen LogP contribution in [0.3, 0.4) is 0 Å². The third-order valence-electron chi connectivity index (χ3n) is 2.72. The molecule has 0 aliphatic carbocycles. The molecular formula is C17H16FNO2. The molecule has 2 rings (SSSR count). The lowest BCUT2D eigenvalue weighted by Gasteiger charge is -2.07. The minimum Gasteiger partial charge on any atom is -0.493 e. The van der Waals surface area contributed by atoms with Crippen molar-refractivity contribution in [2.75, 3.05) is 13.2 Å². The predicted octanol–water partition coefficient (Wildman–Crippen LogP) is 2.58. The van der Waals surface area contributed by atoms with Gasteiger partial charge < -0.3 is 9.84 Å². The van der Waals surface area contributed by atoms with E-state index in [9.17, 15) is 4.39 Å². The first kappa shape index (κ1) is 15.0. The summed E-state index contributed by atoms with van der Waals surface area (Å²) < 4.78 is 19.0. The quantitative estimate of drug-likeness (QED) is 0.859. The molecule has 4 heteroatoms. The van der Waals surface area contributed by atoms with Gasteiger partial charge in [0.05, 0.1) is 13.2 Å². The Hall–Kier alpha value is -2.38. The van der Waals surface area contributed by atoms with E-state index in [1.165, 1.54) is 12.1 Å². The molecule has 3 nitrogen and oxygen atoms in total. The molecule has 0 saturated heterocycles. The van der Waals surface area contributed by atoms with Gasteiger partial charge in [-0.1, -0.05) is 17.9 Å². The molecule has 1 aromatic heterocycles. The Bertz CT molecular complexity index is 632. The number of aliphatic hydroxyl groups is 1. The number of nitrogens with zero attached hydrogens (tertiary/aromatic N) is 1. The van der Waals surface area contributed by atoms with Crippen molar-refractivity contribution in [1.82, 2.24) is 4.98 Å². The maximum atomic E-state index is 13.5. The third-order valence-corrected chi connectivity index (χ3v) is 2.72. The molecule has 0 saturated carbocycles. The Morgan fingerprint density at radius 1 is 1.29 bits per heavy atom. The van der Waals surface area contributed by atoms with Gasteiger partial charge >= 0.3 is 0 Å². The van der Waals surface area contributed by atoms with Crippen molar-refractivity contribution in [3.63, 3.8) is 0 Å². The second kappa shape index (κ2) is 8.03. The minimum atomic E-state index is -0.387. The molecular weight excluding hydrogens is 269 g/mol. The number of halogens is 1. The molecule has 0 fully saturated rings. The number of aromatic nitrogens is 1. The van der Waals surface area contributed by atoms with Crippen LogP contribution in [0.1, 0.15) is 17.5 Å². The Morgan fingerprint density at radius 3 is 2.95 bits per heavy atom. The number of rotatable bonds is 5. The highest BCUT2D eigenvalue weighted by atomic mass is 19.1. The molecule has 0 aliphatic heterocycles. The lowest BCUT2D eigenvalue weighted by atomic mass is 10.2. The Morgan fingerprint density at radius 2 is 2.19 bits per heavy atom. The molecule has 0 spiro atoms. The van der Waals surface area contributed by atoms with Crippen LogP contribution in [-0.4, -0.2) is 23.3 Å². The molecule has 1 heterocycles. The van der Waals surface area contributed by atoms with E-state index in [0.29, 0.717) is 30.8 Å². The van der Waals surface area contributed by atoms with Crippen LogP contribution in [0, 0.1) is 17.7 Å². The van der Waals surface area contributed by atoms with Crippen molar-refractivity contribution in [3.8, 4) is 17.6 Å². The summed E-state index contributed by atoms with van der Waals surface area (Å²) in [6.07, 6.45) is 4.57. The van der Waals surface area contributed by atoms with Gasteiger partial charge in [-0.05, 0) is 23.8 Å². The highest BCUT2D eigenvalue weighted by Crippen LogP contribution is 2.16. The predicted molar refractivity (Wildman–Crippen MR) is 78.4 cm³/mol. The molecule has 0 atom stereocenters. The Balaban J connectivity index is 1.95. The fraction of sp³-hybridized carbons (Fsp3) is 0.235. The normalized spacial score (nSPS) is 9.81. The van der Waals surface area contributed by atoms with Crippen molar-refractivity contribution >= 4 is 0 Å². The monoisotopic (exact) mass is 285 g/mol. The molecule has 2 aromatic rings. The summed E-state index contributed by atoms with van der Waals surface area (Å²) >= 11 is 0. The zero-order valence-corrected chi connectivity index (χ0v) is 11.6. The number of aliphatic hydroxyl groups excluding tert-OH is 1. The van der Waals surface area contributed by atoms with Gasteiger partial charge in [-0.15, -0.1) is 0 Å². The molecule has 0 aliphatic rings. The second-order valence-electron chi connectivity index (χ2n) is 4.41. The van der Waals surface area contributed by atoms with Crippen LogP contribution in [0.5, 0.6) is 5.75 Å². The van der Waals surface area contributed by atoms with E-state index in [0.717, 1.165) is 5.56 Å². The standard InChI is InChI=1S/C17H16FNO2/c18-16-10-15(4-1-2-8-20)11-17(12-16)21-9-6-14-5-3-7-19-13-14/h3,5,7,10-13,20H,2,6,8-9H2. The number of ether oxygens (including phenoxy) is 1. The van der Waals surface area contributed by atoms with Gasteiger partial charge in [0.15, 0.2) is 0 Å². The summed E-state index contributed by atoms with van der Waals surface area (Å²) in [6, 6.07) is 8.20. The van der Waals surface area contributed by atoms with Gasteiger partial charge in [0.1, 0.15) is 11.6 Å². The smallest absolute Gasteiger partial charge is 0.128 e. The highest BCUT2D eigenvalue weighted by molar-refractivity contribution is 5.40. The molecule has 0 unspecified atom stereocenters. The third kappa shape index (κ3) is 5.25. The zero-order chi connectivity index (χ0) is 14.9. The minimum absolute atomic E-state index is 0.00319. The summed E-state index contributed by atoms with van der Waals surface area (Å²) in [5.41, 5.74) is 1.61. The van der Waals surface area contributed by atoms with Gasteiger partial charge in [0, 0.05) is 36.9 Å². The van der Waals surface area contributed by atoms with E-state index in [-0.39, 0.29) is 12.4 Å². The van der Waals surface area contributed by atoms with Crippen LogP contribution in [0.2, 0.25) is 0 Å². The molecule has 0 radical (unpaired) electrons. The highest BCUT2D eigenvalue weighted by Gasteiger charge is 2.01. The topological polar surface area (TPSA) is 42.4 Å². The summed E-state index contributed by atoms with van der Waals surface area (Å²) in [6.45, 7) is 0.440. The zero-order valence-electron chi connectivity index (χ0n) is 11.6. The van der Waals surface area contributed by atoms with Gasteiger partial charge in [-0.2, -0.15) is 0 Å². The first-order valence-corrected chi connectivity index (χ1v) is 6.70. The Labute approximate surface area is 123 Å². The molecule has 0 amide bonds. The lowest BCUT2D eigenvalue weighted by Crippen LogP contribution is -2.02. The average Bonchev–Trinajstić information content (AvgIpc) is 2.48. The first-order chi connectivity index (χ1) is 10.3. The summed E-state index contributed by atoms with van der Waals surface area (Å²) in [7, 11) is 0. The summed E-state index contributed by atoms with van der Waals surface area (Å²) in [4.78, 5) is 4.03. The molecule has 1 aromatic carbocycles. The van der Waals surface area contributed by atoms with Crippen LogP contribution < -0.4 is 4.74 Å². The van der Waals surface area contributed by atoms with E-state index in [1.807, 2.05) is 12.1 Å². The Kier molecular flexibility index (Phi) is 5.74. The van der Waals surface area contributed by atoms with Crippen molar-refractivity contribution in [3.05, 3.63) is 59.7 Å². The SMILES string of the molecule is OCCC#Cc1cc(F)cc(OCCc2cccnc2)c1. The number of hydrogen-bond acceptors (Lipinski definition) is 3. The van der Waals surface area contributed by atoms with Crippen molar-refractivity contribution < 1.29 is 14.2 Å². The number of hydrogen-bond donors (Lipinski definition) is 1. The maximum absolute atomic E-state index is 13.5. The fourth-order valence-electron chi connectivity index (χ4n) is 1.77. The van der Waals surface area contributed by atoms with Crippen LogP contribution in [0.4, 0.5) is 4.39 Å². The van der Waals surface area contributed by atoms with Crippen LogP contribution in [0.25, 0.3) is 0 Å². The van der Waals surface area contributed by atoms with Crippen LogP contribution >= 0.6 is 0 Å². The van der Waals surface area contributed by atoms with E-state index in [2.05, 4.69) is 16.8 Å². The first-order valence-electron chi connectivity index (χ1n) is 6.70. The van der Waals surface area contributed by atoms with E-state index in [1.54, 1.807) is 18.5 Å². The van der Waals surface area contributed by atoms with Gasteiger partial charge in [-0.3, -0.25) is 4.98 Å².